The highest BCUT2D eigenvalue weighted by Crippen LogP contribution is 2.26. The lowest BCUT2D eigenvalue weighted by atomic mass is 10.0. The summed E-state index contributed by atoms with van der Waals surface area (Å²) in [6.07, 6.45) is -3.58. The predicted molar refractivity (Wildman–Crippen MR) is 31.6 cm³/mol. The van der Waals surface area contributed by atoms with Crippen molar-refractivity contribution in [3.8, 4) is 0 Å². The molecule has 0 aromatic rings. The van der Waals surface area contributed by atoms with Crippen LogP contribution in [0.25, 0.3) is 0 Å². The third kappa shape index (κ3) is 0.852. The molecule has 0 aromatic carbocycles. The first-order chi connectivity index (χ1) is 5.20. The van der Waals surface area contributed by atoms with E-state index in [9.17, 15) is 9.90 Å². The molecule has 0 radical (unpaired) electrons. The first kappa shape index (κ1) is 7.02. The van der Waals surface area contributed by atoms with Crippen molar-refractivity contribution in [2.24, 2.45) is 0 Å². The molecule has 0 unspecified atom stereocenters. The molecule has 2 bridgehead atoms. The smallest absolute Gasteiger partial charge is 0.338 e. The van der Waals surface area contributed by atoms with Crippen molar-refractivity contribution in [2.45, 2.75) is 24.4 Å². The van der Waals surface area contributed by atoms with Gasteiger partial charge in [-0.25, -0.2) is 4.79 Å². The largest absolute Gasteiger partial charge is 0.455 e. The molecule has 0 aliphatic carbocycles. The summed E-state index contributed by atoms with van der Waals surface area (Å²) in [5, 5.41) is 18.3. The van der Waals surface area contributed by atoms with Crippen LogP contribution in [0.1, 0.15) is 0 Å². The average Bonchev–Trinajstić information content (AvgIpc) is 2.12. The Hall–Kier alpha value is -0.650. The first-order valence-electron chi connectivity index (χ1n) is 3.38. The highest BCUT2D eigenvalue weighted by Gasteiger charge is 2.51. The van der Waals surface area contributed by atoms with Gasteiger partial charge in [0.25, 0.3) is 0 Å². The normalized spacial score (nSPS) is 49.1. The number of aliphatic hydroxyl groups is 2. The van der Waals surface area contributed by atoms with Gasteiger partial charge in [0, 0.05) is 0 Å². The third-order valence-corrected chi connectivity index (χ3v) is 1.96. The molecule has 4 atom stereocenters. The Labute approximate surface area is 62.5 Å². The molecule has 5 nitrogen and oxygen atoms in total. The van der Waals surface area contributed by atoms with E-state index in [0.717, 1.165) is 0 Å². The SMILES string of the molecule is O=C1O[C@@H]2[C@H](O)[C@H]1OC[C@@H]2O. The van der Waals surface area contributed by atoms with E-state index in [1.54, 1.807) is 0 Å². The monoisotopic (exact) mass is 160 g/mol. The summed E-state index contributed by atoms with van der Waals surface area (Å²) in [7, 11) is 0. The van der Waals surface area contributed by atoms with Gasteiger partial charge in [-0.3, -0.25) is 0 Å². The fourth-order valence-corrected chi connectivity index (χ4v) is 1.35. The molecule has 2 aliphatic heterocycles. The minimum atomic E-state index is -1.01. The van der Waals surface area contributed by atoms with E-state index in [-0.39, 0.29) is 6.61 Å². The maximum Gasteiger partial charge on any atom is 0.338 e. The molecule has 0 spiro atoms. The highest BCUT2D eigenvalue weighted by atomic mass is 16.6. The van der Waals surface area contributed by atoms with Crippen molar-refractivity contribution >= 4 is 5.97 Å². The number of ether oxygens (including phenoxy) is 2. The minimum Gasteiger partial charge on any atom is -0.455 e. The zero-order valence-corrected chi connectivity index (χ0v) is 5.64. The lowest BCUT2D eigenvalue weighted by Crippen LogP contribution is -2.47. The lowest BCUT2D eigenvalue weighted by Gasteiger charge is -2.25. The van der Waals surface area contributed by atoms with Gasteiger partial charge in [0.05, 0.1) is 6.61 Å². The standard InChI is InChI=1S/C6H8O5/c7-2-1-10-5-3(8)4(2)11-6(5)9/h2-5,7-8H,1H2/t2-,3-,4-,5+/m0/s1. The fraction of sp³-hybridized carbons (Fsp3) is 0.833. The van der Waals surface area contributed by atoms with Gasteiger partial charge in [-0.15, -0.1) is 0 Å². The van der Waals surface area contributed by atoms with E-state index in [2.05, 4.69) is 4.74 Å². The number of carbonyl (C=O) groups is 1. The number of esters is 1. The summed E-state index contributed by atoms with van der Waals surface area (Å²) >= 11 is 0. The zero-order chi connectivity index (χ0) is 8.01. The number of carbonyl (C=O) groups excluding carboxylic acids is 1. The van der Waals surface area contributed by atoms with Crippen LogP contribution >= 0.6 is 0 Å². The van der Waals surface area contributed by atoms with Crippen molar-refractivity contribution in [1.82, 2.24) is 0 Å². The van der Waals surface area contributed by atoms with Crippen LogP contribution in [-0.2, 0) is 14.3 Å². The Balaban J connectivity index is 2.23. The van der Waals surface area contributed by atoms with E-state index in [4.69, 9.17) is 9.84 Å². The molecule has 2 aliphatic rings. The molecular weight excluding hydrogens is 152 g/mol. The van der Waals surface area contributed by atoms with Crippen LogP contribution in [0.2, 0.25) is 0 Å². The molecule has 0 saturated carbocycles. The predicted octanol–water partition coefficient (Wildman–Crippen LogP) is -1.97. The Morgan fingerprint density at radius 2 is 2.18 bits per heavy atom. The number of aliphatic hydroxyl groups excluding tert-OH is 2. The molecule has 11 heavy (non-hydrogen) atoms. The van der Waals surface area contributed by atoms with Gasteiger partial charge in [0.15, 0.2) is 12.2 Å². The van der Waals surface area contributed by atoms with Crippen LogP contribution < -0.4 is 0 Å². The Morgan fingerprint density at radius 1 is 1.45 bits per heavy atom. The summed E-state index contributed by atoms with van der Waals surface area (Å²) in [5.74, 6) is -0.584. The quantitative estimate of drug-likeness (QED) is 0.402. The maximum atomic E-state index is 10.8. The van der Waals surface area contributed by atoms with E-state index in [1.807, 2.05) is 0 Å². The number of hydrogen-bond donors (Lipinski definition) is 2. The van der Waals surface area contributed by atoms with E-state index < -0.39 is 30.4 Å². The van der Waals surface area contributed by atoms with Crippen LogP contribution in [0, 0.1) is 0 Å². The maximum absolute atomic E-state index is 10.8. The Morgan fingerprint density at radius 3 is 2.82 bits per heavy atom. The second-order valence-corrected chi connectivity index (χ2v) is 2.71. The molecule has 0 aromatic heterocycles. The van der Waals surface area contributed by atoms with Gasteiger partial charge in [0.2, 0.25) is 0 Å². The second-order valence-electron chi connectivity index (χ2n) is 2.71. The molecule has 62 valence electrons. The molecule has 5 heteroatoms. The van der Waals surface area contributed by atoms with Gasteiger partial charge in [-0.05, 0) is 0 Å². The van der Waals surface area contributed by atoms with Gasteiger partial charge < -0.3 is 19.7 Å². The molecule has 2 heterocycles. The number of hydrogen-bond acceptors (Lipinski definition) is 5. The van der Waals surface area contributed by atoms with E-state index in [0.29, 0.717) is 0 Å². The zero-order valence-electron chi connectivity index (χ0n) is 5.64. The van der Waals surface area contributed by atoms with Crippen LogP contribution in [0.3, 0.4) is 0 Å². The molecular formula is C6H8O5. The van der Waals surface area contributed by atoms with Crippen molar-refractivity contribution < 1.29 is 24.5 Å². The lowest BCUT2D eigenvalue weighted by molar-refractivity contribution is -0.146. The molecule has 2 rings (SSSR count). The average molecular weight is 160 g/mol. The summed E-state index contributed by atoms with van der Waals surface area (Å²) in [4.78, 5) is 10.8. The van der Waals surface area contributed by atoms with E-state index >= 15 is 0 Å². The summed E-state index contributed by atoms with van der Waals surface area (Å²) in [5.41, 5.74) is 0. The topological polar surface area (TPSA) is 76.0 Å². The van der Waals surface area contributed by atoms with Crippen molar-refractivity contribution in [2.75, 3.05) is 6.61 Å². The van der Waals surface area contributed by atoms with Gasteiger partial charge >= 0.3 is 5.97 Å². The van der Waals surface area contributed by atoms with Crippen LogP contribution in [0.4, 0.5) is 0 Å². The molecule has 2 N–H and O–H groups in total. The van der Waals surface area contributed by atoms with E-state index in [1.165, 1.54) is 0 Å². The van der Waals surface area contributed by atoms with Crippen molar-refractivity contribution in [1.29, 1.82) is 0 Å². The summed E-state index contributed by atoms with van der Waals surface area (Å²) in [6.45, 7) is 0.0537. The van der Waals surface area contributed by atoms with Crippen molar-refractivity contribution in [3.05, 3.63) is 0 Å². The molecule has 2 saturated heterocycles. The van der Waals surface area contributed by atoms with Crippen LogP contribution in [0.5, 0.6) is 0 Å². The third-order valence-electron chi connectivity index (χ3n) is 1.96. The Kier molecular flexibility index (Phi) is 1.38. The second kappa shape index (κ2) is 2.17. The minimum absolute atomic E-state index is 0.0537. The first-order valence-corrected chi connectivity index (χ1v) is 3.38. The van der Waals surface area contributed by atoms with Crippen molar-refractivity contribution in [3.63, 3.8) is 0 Å². The van der Waals surface area contributed by atoms with Crippen LogP contribution in [-0.4, -0.2) is 47.2 Å². The Bertz CT molecular complexity index is 191. The molecule has 2 fully saturated rings. The fourth-order valence-electron chi connectivity index (χ4n) is 1.35. The molecule has 0 amide bonds. The summed E-state index contributed by atoms with van der Waals surface area (Å²) < 4.78 is 9.48. The van der Waals surface area contributed by atoms with Gasteiger partial charge in [-0.2, -0.15) is 0 Å². The van der Waals surface area contributed by atoms with Gasteiger partial charge in [0.1, 0.15) is 12.2 Å². The van der Waals surface area contributed by atoms with Crippen LogP contribution in [0.15, 0.2) is 0 Å². The number of fused-ring (bicyclic) bond motifs is 2. The highest BCUT2D eigenvalue weighted by molar-refractivity contribution is 5.78. The summed E-state index contributed by atoms with van der Waals surface area (Å²) in [6, 6.07) is 0. The number of rotatable bonds is 0. The van der Waals surface area contributed by atoms with Gasteiger partial charge in [-0.1, -0.05) is 0 Å².